The number of carbonyl (C=O) groups is 5. The first-order chi connectivity index (χ1) is 22.1. The molecular formula is C32H48N6O9. The first-order valence-electron chi connectivity index (χ1n) is 15.7. The van der Waals surface area contributed by atoms with E-state index in [1.54, 1.807) is 39.8 Å². The van der Waals surface area contributed by atoms with E-state index in [1.807, 2.05) is 0 Å². The number of carboxylic acid groups (broad SMARTS) is 1. The molecular weight excluding hydrogens is 612 g/mol. The van der Waals surface area contributed by atoms with Gasteiger partial charge in [0.25, 0.3) is 0 Å². The molecule has 0 bridgehead atoms. The summed E-state index contributed by atoms with van der Waals surface area (Å²) in [5.74, 6) is -3.16. The van der Waals surface area contributed by atoms with Gasteiger partial charge < -0.3 is 47.0 Å². The summed E-state index contributed by atoms with van der Waals surface area (Å²) in [6, 6.07) is 2.78. The Bertz CT molecular complexity index is 1450. The SMILES string of the molecule is Cc1cc(=O)oc2cc(NC(=O)[C@H](CCCCN)NC(=O)[C@H](CCCCN)NC(=O)[C@H](CCC(=O)O)NC(=O)OC(C)(C)C)ccc12. The van der Waals surface area contributed by atoms with Gasteiger partial charge in [0.2, 0.25) is 17.7 Å². The predicted molar refractivity (Wildman–Crippen MR) is 176 cm³/mol. The minimum Gasteiger partial charge on any atom is -0.481 e. The molecule has 1 heterocycles. The molecule has 1 aromatic carbocycles. The lowest BCUT2D eigenvalue weighted by molar-refractivity contribution is -0.137. The summed E-state index contributed by atoms with van der Waals surface area (Å²) < 4.78 is 10.5. The predicted octanol–water partition coefficient (Wildman–Crippen LogP) is 2.03. The summed E-state index contributed by atoms with van der Waals surface area (Å²) in [5.41, 5.74) is 11.2. The van der Waals surface area contributed by atoms with Crippen molar-refractivity contribution < 1.29 is 38.2 Å². The Hall–Kier alpha value is -4.50. The van der Waals surface area contributed by atoms with E-state index < -0.39 is 65.6 Å². The van der Waals surface area contributed by atoms with Crippen LogP contribution in [0.5, 0.6) is 0 Å². The highest BCUT2D eigenvalue weighted by Crippen LogP contribution is 2.21. The van der Waals surface area contributed by atoms with Gasteiger partial charge in [0, 0.05) is 29.6 Å². The summed E-state index contributed by atoms with van der Waals surface area (Å²) in [6.07, 6.45) is 0.906. The van der Waals surface area contributed by atoms with E-state index in [9.17, 15) is 33.9 Å². The van der Waals surface area contributed by atoms with E-state index in [-0.39, 0.29) is 24.8 Å². The first-order valence-corrected chi connectivity index (χ1v) is 15.7. The Labute approximate surface area is 273 Å². The molecule has 9 N–H and O–H groups in total. The molecule has 2 rings (SSSR count). The lowest BCUT2D eigenvalue weighted by Crippen LogP contribution is -2.56. The number of aliphatic carboxylic acids is 1. The third-order valence-electron chi connectivity index (χ3n) is 7.03. The fourth-order valence-corrected chi connectivity index (χ4v) is 4.69. The van der Waals surface area contributed by atoms with E-state index in [0.717, 1.165) is 5.56 Å². The van der Waals surface area contributed by atoms with E-state index in [1.165, 1.54) is 12.1 Å². The molecule has 15 heteroatoms. The number of fused-ring (bicyclic) bond motifs is 1. The topological polar surface area (TPSA) is 245 Å². The van der Waals surface area contributed by atoms with Gasteiger partial charge in [-0.05, 0) is 103 Å². The average molecular weight is 661 g/mol. The van der Waals surface area contributed by atoms with Gasteiger partial charge in [-0.1, -0.05) is 0 Å². The number of aryl methyl sites for hydroxylation is 1. The highest BCUT2D eigenvalue weighted by molar-refractivity contribution is 6.00. The molecule has 0 aliphatic heterocycles. The molecule has 2 aromatic rings. The van der Waals surface area contributed by atoms with Crippen molar-refractivity contribution in [2.24, 2.45) is 11.5 Å². The van der Waals surface area contributed by atoms with Crippen LogP contribution in [0.25, 0.3) is 11.0 Å². The number of hydrogen-bond acceptors (Lipinski definition) is 10. The summed E-state index contributed by atoms with van der Waals surface area (Å²) in [6.45, 7) is 7.40. The van der Waals surface area contributed by atoms with Crippen molar-refractivity contribution in [2.45, 2.75) is 103 Å². The van der Waals surface area contributed by atoms with Crippen molar-refractivity contribution in [3.63, 3.8) is 0 Å². The van der Waals surface area contributed by atoms with Crippen LogP contribution in [0.4, 0.5) is 10.5 Å². The standard InChI is InChI=1S/C32H48N6O9/c1-19-17-27(41)46-25-18-20(11-12-21(19)25)35-28(42)22(9-5-7-15-33)36-29(43)23(10-6-8-16-34)37-30(44)24(13-14-26(39)40)38-31(45)47-32(2,3)4/h11-12,17-18,22-24H,5-10,13-16,33-34H2,1-4H3,(H,35,42)(H,36,43)(H,37,44)(H,38,45)(H,39,40)/t22-,23-,24-/m0/s1. The van der Waals surface area contributed by atoms with Crippen molar-refractivity contribution in [2.75, 3.05) is 18.4 Å². The molecule has 15 nitrogen and oxygen atoms in total. The van der Waals surface area contributed by atoms with Crippen LogP contribution in [0.1, 0.15) is 77.7 Å². The van der Waals surface area contributed by atoms with Gasteiger partial charge in [-0.2, -0.15) is 0 Å². The van der Waals surface area contributed by atoms with Crippen molar-refractivity contribution in [1.29, 1.82) is 0 Å². The maximum Gasteiger partial charge on any atom is 0.408 e. The largest absolute Gasteiger partial charge is 0.481 e. The van der Waals surface area contributed by atoms with Gasteiger partial charge >= 0.3 is 17.7 Å². The highest BCUT2D eigenvalue weighted by atomic mass is 16.6. The third kappa shape index (κ3) is 13.8. The normalized spacial score (nSPS) is 13.2. The van der Waals surface area contributed by atoms with Crippen LogP contribution in [-0.4, -0.2) is 71.7 Å². The van der Waals surface area contributed by atoms with Crippen LogP contribution in [-0.2, 0) is 23.9 Å². The van der Waals surface area contributed by atoms with Crippen LogP contribution in [0.15, 0.2) is 33.5 Å². The molecule has 0 unspecified atom stereocenters. The zero-order chi connectivity index (χ0) is 35.1. The van der Waals surface area contributed by atoms with Gasteiger partial charge in [0.1, 0.15) is 29.3 Å². The smallest absolute Gasteiger partial charge is 0.408 e. The number of nitrogens with one attached hydrogen (secondary N) is 4. The van der Waals surface area contributed by atoms with Gasteiger partial charge in [0.15, 0.2) is 0 Å². The van der Waals surface area contributed by atoms with Gasteiger partial charge in [0.05, 0.1) is 0 Å². The first kappa shape index (κ1) is 38.7. The minimum absolute atomic E-state index is 0.160. The average Bonchev–Trinajstić information content (AvgIpc) is 2.96. The maximum absolute atomic E-state index is 13.6. The Kier molecular flexibility index (Phi) is 15.3. The Morgan fingerprint density at radius 2 is 1.38 bits per heavy atom. The second kappa shape index (κ2) is 18.6. The minimum atomic E-state index is -1.31. The maximum atomic E-state index is 13.6. The van der Waals surface area contributed by atoms with Crippen molar-refractivity contribution in [3.8, 4) is 0 Å². The zero-order valence-corrected chi connectivity index (χ0v) is 27.5. The molecule has 0 saturated carbocycles. The second-order valence-electron chi connectivity index (χ2n) is 12.3. The number of rotatable bonds is 18. The van der Waals surface area contributed by atoms with Crippen LogP contribution < -0.4 is 38.4 Å². The van der Waals surface area contributed by atoms with Crippen LogP contribution in [0.2, 0.25) is 0 Å². The summed E-state index contributed by atoms with van der Waals surface area (Å²) in [4.78, 5) is 75.9. The van der Waals surface area contributed by atoms with Gasteiger partial charge in [-0.15, -0.1) is 0 Å². The summed E-state index contributed by atoms with van der Waals surface area (Å²) >= 11 is 0. The van der Waals surface area contributed by atoms with E-state index in [4.69, 9.17) is 20.6 Å². The molecule has 1 aromatic heterocycles. The monoisotopic (exact) mass is 660 g/mol. The number of anilines is 1. The molecule has 0 spiro atoms. The molecule has 0 fully saturated rings. The highest BCUT2D eigenvalue weighted by Gasteiger charge is 2.31. The number of ether oxygens (including phenoxy) is 1. The lowest BCUT2D eigenvalue weighted by Gasteiger charge is -2.26. The fourth-order valence-electron chi connectivity index (χ4n) is 4.69. The third-order valence-corrected chi connectivity index (χ3v) is 7.03. The number of benzene rings is 1. The molecule has 260 valence electrons. The number of hydrogen-bond donors (Lipinski definition) is 7. The summed E-state index contributed by atoms with van der Waals surface area (Å²) in [7, 11) is 0. The lowest BCUT2D eigenvalue weighted by atomic mass is 10.0. The van der Waals surface area contributed by atoms with Crippen LogP contribution in [0, 0.1) is 6.92 Å². The van der Waals surface area contributed by atoms with Crippen molar-refractivity contribution >= 4 is 46.4 Å². The van der Waals surface area contributed by atoms with Crippen LogP contribution in [0.3, 0.4) is 0 Å². The molecule has 0 aliphatic carbocycles. The van der Waals surface area contributed by atoms with Gasteiger partial charge in [-0.3, -0.25) is 19.2 Å². The van der Waals surface area contributed by atoms with E-state index >= 15 is 0 Å². The van der Waals surface area contributed by atoms with Crippen molar-refractivity contribution in [1.82, 2.24) is 16.0 Å². The molecule has 0 aliphatic rings. The van der Waals surface area contributed by atoms with Crippen molar-refractivity contribution in [3.05, 3.63) is 40.2 Å². The molecule has 47 heavy (non-hydrogen) atoms. The Balaban J connectivity index is 2.27. The zero-order valence-electron chi connectivity index (χ0n) is 27.5. The molecule has 3 atom stereocenters. The fraction of sp³-hybridized carbons (Fsp3) is 0.562. The number of carboxylic acids is 1. The molecule has 0 radical (unpaired) electrons. The Morgan fingerprint density at radius 3 is 1.91 bits per heavy atom. The molecule has 0 saturated heterocycles. The van der Waals surface area contributed by atoms with E-state index in [0.29, 0.717) is 49.8 Å². The number of alkyl carbamates (subject to hydrolysis) is 1. The van der Waals surface area contributed by atoms with Gasteiger partial charge in [-0.25, -0.2) is 9.59 Å². The number of carbonyl (C=O) groups excluding carboxylic acids is 4. The van der Waals surface area contributed by atoms with Crippen LogP contribution >= 0.6 is 0 Å². The quantitative estimate of drug-likeness (QED) is 0.0900. The second-order valence-corrected chi connectivity index (χ2v) is 12.3. The Morgan fingerprint density at radius 1 is 0.830 bits per heavy atom. The van der Waals surface area contributed by atoms with E-state index in [2.05, 4.69) is 21.3 Å². The number of unbranched alkanes of at least 4 members (excludes halogenated alkanes) is 2. The summed E-state index contributed by atoms with van der Waals surface area (Å²) in [5, 5.41) is 20.4. The number of amides is 4. The number of nitrogens with two attached hydrogens (primary N) is 2. The molecule has 4 amide bonds.